The Bertz CT molecular complexity index is 382. The molecular weight excluding hydrogens is 258 g/mol. The van der Waals surface area contributed by atoms with E-state index in [1.54, 1.807) is 0 Å². The fourth-order valence-corrected chi connectivity index (χ4v) is 3.44. The van der Waals surface area contributed by atoms with Gasteiger partial charge in [0.25, 0.3) is 0 Å². The van der Waals surface area contributed by atoms with Crippen molar-refractivity contribution in [3.05, 3.63) is 35.9 Å². The van der Waals surface area contributed by atoms with Gasteiger partial charge in [-0.2, -0.15) is 0 Å². The minimum Gasteiger partial charge on any atom is -0.376 e. The Labute approximate surface area is 130 Å². The molecule has 0 unspecified atom stereocenters. The van der Waals surface area contributed by atoms with E-state index in [1.165, 1.54) is 50.5 Å². The number of unbranched alkanes of at least 4 members (excludes halogenated alkanes) is 1. The summed E-state index contributed by atoms with van der Waals surface area (Å²) in [5.74, 6) is 0.929. The van der Waals surface area contributed by atoms with E-state index in [9.17, 15) is 0 Å². The molecule has 2 N–H and O–H groups in total. The Morgan fingerprint density at radius 1 is 1.19 bits per heavy atom. The summed E-state index contributed by atoms with van der Waals surface area (Å²) in [5.41, 5.74) is 7.57. The van der Waals surface area contributed by atoms with E-state index in [2.05, 4.69) is 31.2 Å². The van der Waals surface area contributed by atoms with Crippen LogP contribution in [0, 0.1) is 11.3 Å². The van der Waals surface area contributed by atoms with Crippen LogP contribution in [0.2, 0.25) is 0 Å². The van der Waals surface area contributed by atoms with Gasteiger partial charge in [-0.05, 0) is 37.2 Å². The van der Waals surface area contributed by atoms with Crippen LogP contribution in [0.3, 0.4) is 0 Å². The zero-order valence-corrected chi connectivity index (χ0v) is 13.5. The summed E-state index contributed by atoms with van der Waals surface area (Å²) in [6.07, 6.45) is 9.27. The van der Waals surface area contributed by atoms with Gasteiger partial charge in [-0.3, -0.25) is 0 Å². The van der Waals surface area contributed by atoms with Crippen molar-refractivity contribution in [1.29, 1.82) is 0 Å². The summed E-state index contributed by atoms with van der Waals surface area (Å²) in [4.78, 5) is 0. The summed E-state index contributed by atoms with van der Waals surface area (Å²) in [6, 6.07) is 10.4. The Kier molecular flexibility index (Phi) is 6.72. The Morgan fingerprint density at radius 2 is 1.90 bits per heavy atom. The highest BCUT2D eigenvalue weighted by Crippen LogP contribution is 2.40. The first-order valence-corrected chi connectivity index (χ1v) is 8.60. The molecule has 1 fully saturated rings. The predicted molar refractivity (Wildman–Crippen MR) is 89.1 cm³/mol. The van der Waals surface area contributed by atoms with Crippen LogP contribution in [-0.2, 0) is 11.3 Å². The van der Waals surface area contributed by atoms with Crippen LogP contribution in [-0.4, -0.2) is 13.2 Å². The van der Waals surface area contributed by atoms with Gasteiger partial charge in [-0.1, -0.05) is 56.5 Å². The normalized spacial score (nSPS) is 25.9. The maximum atomic E-state index is 6.08. The first-order valence-electron chi connectivity index (χ1n) is 8.60. The molecule has 0 atom stereocenters. The quantitative estimate of drug-likeness (QED) is 0.763. The van der Waals surface area contributed by atoms with E-state index in [-0.39, 0.29) is 5.41 Å². The summed E-state index contributed by atoms with van der Waals surface area (Å²) in [6.45, 7) is 4.58. The van der Waals surface area contributed by atoms with Crippen molar-refractivity contribution in [2.24, 2.45) is 17.1 Å². The highest BCUT2D eigenvalue weighted by atomic mass is 16.5. The van der Waals surface area contributed by atoms with Crippen molar-refractivity contribution in [3.8, 4) is 0 Å². The molecule has 1 aromatic carbocycles. The summed E-state index contributed by atoms with van der Waals surface area (Å²) < 4.78 is 5.99. The van der Waals surface area contributed by atoms with Crippen molar-refractivity contribution in [1.82, 2.24) is 0 Å². The van der Waals surface area contributed by atoms with Gasteiger partial charge in [-0.15, -0.1) is 0 Å². The third-order valence-corrected chi connectivity index (χ3v) is 5.08. The standard InChI is InChI=1S/C19H31NO/c1-2-3-7-17-10-12-19(15-20,13-11-17)16-21-14-18-8-5-4-6-9-18/h4-6,8-9,17H,2-3,7,10-16,20H2,1H3. The van der Waals surface area contributed by atoms with E-state index >= 15 is 0 Å². The second-order valence-corrected chi connectivity index (χ2v) is 6.77. The SMILES string of the molecule is CCCCC1CCC(CN)(COCc2ccccc2)CC1. The van der Waals surface area contributed by atoms with E-state index < -0.39 is 0 Å². The Morgan fingerprint density at radius 3 is 2.52 bits per heavy atom. The van der Waals surface area contributed by atoms with Crippen molar-refractivity contribution < 1.29 is 4.74 Å². The van der Waals surface area contributed by atoms with Gasteiger partial charge in [-0.25, -0.2) is 0 Å². The molecule has 0 aromatic heterocycles. The summed E-state index contributed by atoms with van der Waals surface area (Å²) in [7, 11) is 0. The number of hydrogen-bond donors (Lipinski definition) is 1. The van der Waals surface area contributed by atoms with Gasteiger partial charge in [0.05, 0.1) is 13.2 Å². The number of nitrogens with two attached hydrogens (primary N) is 1. The lowest BCUT2D eigenvalue weighted by Gasteiger charge is -2.39. The monoisotopic (exact) mass is 289 g/mol. The van der Waals surface area contributed by atoms with Gasteiger partial charge in [0.2, 0.25) is 0 Å². The lowest BCUT2D eigenvalue weighted by atomic mass is 9.70. The molecule has 21 heavy (non-hydrogen) atoms. The number of ether oxygens (including phenoxy) is 1. The molecule has 0 radical (unpaired) electrons. The first-order chi connectivity index (χ1) is 10.3. The number of benzene rings is 1. The average Bonchev–Trinajstić information content (AvgIpc) is 2.55. The fraction of sp³-hybridized carbons (Fsp3) is 0.684. The van der Waals surface area contributed by atoms with Crippen LogP contribution >= 0.6 is 0 Å². The lowest BCUT2D eigenvalue weighted by molar-refractivity contribution is 0.00662. The number of rotatable bonds is 8. The second-order valence-electron chi connectivity index (χ2n) is 6.77. The minimum atomic E-state index is 0.234. The zero-order chi connectivity index (χ0) is 15.0. The summed E-state index contributed by atoms with van der Waals surface area (Å²) in [5, 5.41) is 0. The maximum Gasteiger partial charge on any atom is 0.0717 e. The maximum absolute atomic E-state index is 6.08. The van der Waals surface area contributed by atoms with Crippen LogP contribution in [0.25, 0.3) is 0 Å². The molecule has 0 amide bonds. The Balaban J connectivity index is 1.75. The topological polar surface area (TPSA) is 35.2 Å². The van der Waals surface area contributed by atoms with Gasteiger partial charge in [0, 0.05) is 12.0 Å². The van der Waals surface area contributed by atoms with Gasteiger partial charge < -0.3 is 10.5 Å². The van der Waals surface area contributed by atoms with Crippen molar-refractivity contribution >= 4 is 0 Å². The first kappa shape index (κ1) is 16.5. The minimum absolute atomic E-state index is 0.234. The van der Waals surface area contributed by atoms with Crippen LogP contribution in [0.1, 0.15) is 57.4 Å². The van der Waals surface area contributed by atoms with Crippen LogP contribution in [0.15, 0.2) is 30.3 Å². The highest BCUT2D eigenvalue weighted by molar-refractivity contribution is 5.13. The number of hydrogen-bond acceptors (Lipinski definition) is 2. The molecular formula is C19H31NO. The molecule has 1 aliphatic carbocycles. The largest absolute Gasteiger partial charge is 0.376 e. The van der Waals surface area contributed by atoms with Crippen molar-refractivity contribution in [2.45, 2.75) is 58.5 Å². The summed E-state index contributed by atoms with van der Waals surface area (Å²) >= 11 is 0. The van der Waals surface area contributed by atoms with Crippen molar-refractivity contribution in [2.75, 3.05) is 13.2 Å². The molecule has 0 aliphatic heterocycles. The zero-order valence-electron chi connectivity index (χ0n) is 13.5. The van der Waals surface area contributed by atoms with E-state index in [1.807, 2.05) is 6.07 Å². The van der Waals surface area contributed by atoms with Gasteiger partial charge in [0.1, 0.15) is 0 Å². The molecule has 0 spiro atoms. The van der Waals surface area contributed by atoms with Crippen LogP contribution < -0.4 is 5.73 Å². The van der Waals surface area contributed by atoms with Crippen molar-refractivity contribution in [3.63, 3.8) is 0 Å². The molecule has 118 valence electrons. The third kappa shape index (κ3) is 5.12. The lowest BCUT2D eigenvalue weighted by Crippen LogP contribution is -2.39. The molecule has 2 rings (SSSR count). The second kappa shape index (κ2) is 8.55. The smallest absolute Gasteiger partial charge is 0.0717 e. The fourth-order valence-electron chi connectivity index (χ4n) is 3.44. The molecule has 2 nitrogen and oxygen atoms in total. The van der Waals surface area contributed by atoms with E-state index in [0.29, 0.717) is 6.61 Å². The predicted octanol–water partition coefficient (Wildman–Crippen LogP) is 4.53. The van der Waals surface area contributed by atoms with Crippen LogP contribution in [0.5, 0.6) is 0 Å². The molecule has 1 saturated carbocycles. The average molecular weight is 289 g/mol. The molecule has 0 saturated heterocycles. The van der Waals surface area contributed by atoms with E-state index in [0.717, 1.165) is 19.1 Å². The molecule has 0 bridgehead atoms. The van der Waals surface area contributed by atoms with Gasteiger partial charge >= 0.3 is 0 Å². The highest BCUT2D eigenvalue weighted by Gasteiger charge is 2.34. The van der Waals surface area contributed by atoms with Gasteiger partial charge in [0.15, 0.2) is 0 Å². The molecule has 0 heterocycles. The molecule has 1 aromatic rings. The third-order valence-electron chi connectivity index (χ3n) is 5.08. The molecule has 1 aliphatic rings. The van der Waals surface area contributed by atoms with E-state index in [4.69, 9.17) is 10.5 Å². The Hall–Kier alpha value is -0.860. The molecule has 2 heteroatoms. The van der Waals surface area contributed by atoms with Crippen LogP contribution in [0.4, 0.5) is 0 Å².